The molecule has 0 atom stereocenters. The molecule has 2 aromatic rings. The van der Waals surface area contributed by atoms with Gasteiger partial charge in [-0.05, 0) is 23.8 Å². The number of hydrogen-bond donors (Lipinski definition) is 1. The minimum absolute atomic E-state index is 0.0976. The second kappa shape index (κ2) is 5.49. The highest BCUT2D eigenvalue weighted by Gasteiger charge is 2.09. The Morgan fingerprint density at radius 3 is 2.39 bits per heavy atom. The highest BCUT2D eigenvalue weighted by atomic mass is 19.3. The van der Waals surface area contributed by atoms with Crippen molar-refractivity contribution in [3.05, 3.63) is 59.7 Å². The van der Waals surface area contributed by atoms with Gasteiger partial charge in [-0.25, -0.2) is 8.78 Å². The Balaban J connectivity index is 2.06. The lowest BCUT2D eigenvalue weighted by Crippen LogP contribution is -1.99. The number of halogens is 2. The minimum Gasteiger partial charge on any atom is -0.487 e. The van der Waals surface area contributed by atoms with E-state index in [1.54, 1.807) is 0 Å². The largest absolute Gasteiger partial charge is 0.487 e. The van der Waals surface area contributed by atoms with Gasteiger partial charge in [-0.15, -0.1) is 0 Å². The molecule has 0 aliphatic carbocycles. The van der Waals surface area contributed by atoms with Gasteiger partial charge >= 0.3 is 0 Å². The van der Waals surface area contributed by atoms with Gasteiger partial charge in [0, 0.05) is 5.56 Å². The van der Waals surface area contributed by atoms with E-state index in [2.05, 4.69) is 0 Å². The van der Waals surface area contributed by atoms with Crippen LogP contribution in [0.2, 0.25) is 0 Å². The zero-order valence-corrected chi connectivity index (χ0v) is 9.64. The van der Waals surface area contributed by atoms with Crippen molar-refractivity contribution < 1.29 is 13.5 Å². The predicted octanol–water partition coefficient (Wildman–Crippen LogP) is 3.79. The standard InChI is InChI=1S/C14H13F2NO/c15-14(16)11-6-7-13(12(17)8-11)18-9-10-4-2-1-3-5-10/h1-8,14H,9,17H2. The van der Waals surface area contributed by atoms with E-state index < -0.39 is 6.43 Å². The van der Waals surface area contributed by atoms with Crippen LogP contribution in [0.4, 0.5) is 14.5 Å². The fourth-order valence-electron chi connectivity index (χ4n) is 1.57. The van der Waals surface area contributed by atoms with Gasteiger partial charge in [0.2, 0.25) is 0 Å². The maximum absolute atomic E-state index is 12.4. The van der Waals surface area contributed by atoms with Gasteiger partial charge in [0.25, 0.3) is 6.43 Å². The Morgan fingerprint density at radius 1 is 1.06 bits per heavy atom. The summed E-state index contributed by atoms with van der Waals surface area (Å²) < 4.78 is 30.4. The first-order valence-electron chi connectivity index (χ1n) is 5.51. The van der Waals surface area contributed by atoms with Crippen LogP contribution in [0.3, 0.4) is 0 Å². The fraction of sp³-hybridized carbons (Fsp3) is 0.143. The molecule has 0 heterocycles. The Bertz CT molecular complexity index is 514. The lowest BCUT2D eigenvalue weighted by Gasteiger charge is -2.10. The molecule has 2 nitrogen and oxygen atoms in total. The molecule has 0 spiro atoms. The molecule has 0 aliphatic heterocycles. The molecule has 0 aliphatic rings. The van der Waals surface area contributed by atoms with E-state index in [4.69, 9.17) is 10.5 Å². The number of nitrogens with two attached hydrogens (primary N) is 1. The fourth-order valence-corrected chi connectivity index (χ4v) is 1.57. The third-order valence-corrected chi connectivity index (χ3v) is 2.52. The number of nitrogen functional groups attached to an aromatic ring is 1. The first-order chi connectivity index (χ1) is 8.66. The molecule has 4 heteroatoms. The number of ether oxygens (including phenoxy) is 1. The summed E-state index contributed by atoms with van der Waals surface area (Å²) in [7, 11) is 0. The lowest BCUT2D eigenvalue weighted by atomic mass is 10.2. The van der Waals surface area contributed by atoms with Crippen molar-refractivity contribution in [2.45, 2.75) is 13.0 Å². The van der Waals surface area contributed by atoms with Crippen molar-refractivity contribution in [2.24, 2.45) is 0 Å². The van der Waals surface area contributed by atoms with Crippen LogP contribution in [0, 0.1) is 0 Å². The van der Waals surface area contributed by atoms with E-state index in [0.29, 0.717) is 12.4 Å². The Hall–Kier alpha value is -2.10. The predicted molar refractivity (Wildman–Crippen MR) is 66.6 cm³/mol. The minimum atomic E-state index is -2.52. The van der Waals surface area contributed by atoms with Gasteiger partial charge in [-0.3, -0.25) is 0 Å². The van der Waals surface area contributed by atoms with Crippen LogP contribution in [-0.2, 0) is 6.61 Å². The van der Waals surface area contributed by atoms with Gasteiger partial charge in [-0.1, -0.05) is 30.3 Å². The first kappa shape index (κ1) is 12.4. The summed E-state index contributed by atoms with van der Waals surface area (Å²) in [5.41, 5.74) is 6.79. The molecule has 0 radical (unpaired) electrons. The van der Waals surface area contributed by atoms with E-state index >= 15 is 0 Å². The molecule has 94 valence electrons. The maximum atomic E-state index is 12.4. The molecule has 0 fully saturated rings. The second-order valence-electron chi connectivity index (χ2n) is 3.87. The van der Waals surface area contributed by atoms with Crippen molar-refractivity contribution in [1.29, 1.82) is 0 Å². The molecule has 0 saturated carbocycles. The maximum Gasteiger partial charge on any atom is 0.263 e. The number of anilines is 1. The summed E-state index contributed by atoms with van der Waals surface area (Å²) in [5, 5.41) is 0. The third kappa shape index (κ3) is 2.97. The van der Waals surface area contributed by atoms with Crippen LogP contribution in [0.5, 0.6) is 5.75 Å². The molecule has 2 N–H and O–H groups in total. The normalized spacial score (nSPS) is 10.6. The SMILES string of the molecule is Nc1cc(C(F)F)ccc1OCc1ccccc1. The van der Waals surface area contributed by atoms with E-state index in [0.717, 1.165) is 5.56 Å². The molecule has 0 saturated heterocycles. The molecular weight excluding hydrogens is 236 g/mol. The second-order valence-corrected chi connectivity index (χ2v) is 3.87. The Morgan fingerprint density at radius 2 is 1.78 bits per heavy atom. The summed E-state index contributed by atoms with van der Waals surface area (Å²) in [6.07, 6.45) is -2.52. The Kier molecular flexibility index (Phi) is 3.77. The summed E-state index contributed by atoms with van der Waals surface area (Å²) >= 11 is 0. The van der Waals surface area contributed by atoms with E-state index in [9.17, 15) is 8.78 Å². The van der Waals surface area contributed by atoms with Crippen molar-refractivity contribution in [2.75, 3.05) is 5.73 Å². The third-order valence-electron chi connectivity index (χ3n) is 2.52. The molecule has 18 heavy (non-hydrogen) atoms. The van der Waals surface area contributed by atoms with E-state index in [1.165, 1.54) is 18.2 Å². The number of rotatable bonds is 4. The molecule has 0 unspecified atom stereocenters. The summed E-state index contributed by atoms with van der Waals surface area (Å²) in [6, 6.07) is 13.6. The van der Waals surface area contributed by atoms with Gasteiger partial charge in [0.15, 0.2) is 0 Å². The molecule has 2 aromatic carbocycles. The monoisotopic (exact) mass is 249 g/mol. The van der Waals surface area contributed by atoms with Crippen LogP contribution < -0.4 is 10.5 Å². The summed E-state index contributed by atoms with van der Waals surface area (Å²) in [5.74, 6) is 0.420. The zero-order valence-electron chi connectivity index (χ0n) is 9.64. The van der Waals surface area contributed by atoms with Gasteiger partial charge in [0.05, 0.1) is 5.69 Å². The van der Waals surface area contributed by atoms with E-state index in [1.807, 2.05) is 30.3 Å². The highest BCUT2D eigenvalue weighted by Crippen LogP contribution is 2.28. The molecule has 0 aromatic heterocycles. The average Bonchev–Trinajstić information content (AvgIpc) is 2.38. The van der Waals surface area contributed by atoms with Crippen LogP contribution >= 0.6 is 0 Å². The first-order valence-corrected chi connectivity index (χ1v) is 5.51. The molecular formula is C14H13F2NO. The lowest BCUT2D eigenvalue weighted by molar-refractivity contribution is 0.151. The highest BCUT2D eigenvalue weighted by molar-refractivity contribution is 5.54. The van der Waals surface area contributed by atoms with Crippen molar-refractivity contribution in [1.82, 2.24) is 0 Å². The van der Waals surface area contributed by atoms with Crippen LogP contribution in [0.15, 0.2) is 48.5 Å². The van der Waals surface area contributed by atoms with Gasteiger partial charge in [-0.2, -0.15) is 0 Å². The Labute approximate surface area is 104 Å². The average molecular weight is 249 g/mol. The zero-order chi connectivity index (χ0) is 13.0. The smallest absolute Gasteiger partial charge is 0.263 e. The van der Waals surface area contributed by atoms with E-state index in [-0.39, 0.29) is 11.3 Å². The van der Waals surface area contributed by atoms with Crippen LogP contribution in [0.1, 0.15) is 17.6 Å². The summed E-state index contributed by atoms with van der Waals surface area (Å²) in [4.78, 5) is 0. The van der Waals surface area contributed by atoms with Crippen LogP contribution in [-0.4, -0.2) is 0 Å². The molecule has 0 bridgehead atoms. The molecule has 0 amide bonds. The summed E-state index contributed by atoms with van der Waals surface area (Å²) in [6.45, 7) is 0.360. The van der Waals surface area contributed by atoms with Crippen molar-refractivity contribution >= 4 is 5.69 Å². The number of alkyl halides is 2. The van der Waals surface area contributed by atoms with Crippen molar-refractivity contribution in [3.8, 4) is 5.75 Å². The van der Waals surface area contributed by atoms with Crippen molar-refractivity contribution in [3.63, 3.8) is 0 Å². The number of hydrogen-bond acceptors (Lipinski definition) is 2. The topological polar surface area (TPSA) is 35.2 Å². The quantitative estimate of drug-likeness (QED) is 0.837. The van der Waals surface area contributed by atoms with Gasteiger partial charge < -0.3 is 10.5 Å². The van der Waals surface area contributed by atoms with Crippen LogP contribution in [0.25, 0.3) is 0 Å². The van der Waals surface area contributed by atoms with Gasteiger partial charge in [0.1, 0.15) is 12.4 Å². The molecule has 2 rings (SSSR count). The number of benzene rings is 2.